The van der Waals surface area contributed by atoms with Crippen LogP contribution in [0.2, 0.25) is 0 Å². The van der Waals surface area contributed by atoms with Crippen LogP contribution in [0.3, 0.4) is 0 Å². The fourth-order valence-electron chi connectivity index (χ4n) is 3.47. The summed E-state index contributed by atoms with van der Waals surface area (Å²) in [5, 5.41) is 15.4. The molecule has 0 aromatic rings. The van der Waals surface area contributed by atoms with E-state index in [0.29, 0.717) is 19.3 Å². The molecule has 0 spiro atoms. The number of primary amides is 1. The van der Waals surface area contributed by atoms with Gasteiger partial charge in [-0.2, -0.15) is 5.26 Å². The van der Waals surface area contributed by atoms with E-state index in [1.165, 1.54) is 6.42 Å². The number of carbonyl (C=O) groups excluding carboxylic acids is 2. The van der Waals surface area contributed by atoms with Gasteiger partial charge < -0.3 is 16.4 Å². The van der Waals surface area contributed by atoms with Crippen molar-refractivity contribution in [2.75, 3.05) is 13.1 Å². The molecular formula is C16H25N4O2. The molecule has 121 valence electrons. The SMILES string of the molecule is N#CC1(NC(=O)[CH]CC2(C(N)=O)CCCCC2)CCNCC1. The van der Waals surface area contributed by atoms with Gasteiger partial charge in [-0.15, -0.1) is 0 Å². The van der Waals surface area contributed by atoms with Crippen LogP contribution in [0.1, 0.15) is 51.4 Å². The van der Waals surface area contributed by atoms with Gasteiger partial charge in [0.1, 0.15) is 5.54 Å². The summed E-state index contributed by atoms with van der Waals surface area (Å²) < 4.78 is 0. The molecule has 0 bridgehead atoms. The average Bonchev–Trinajstić information content (AvgIpc) is 2.54. The van der Waals surface area contributed by atoms with Gasteiger partial charge in [0, 0.05) is 5.41 Å². The highest BCUT2D eigenvalue weighted by atomic mass is 16.2. The lowest BCUT2D eigenvalue weighted by atomic mass is 9.70. The highest BCUT2D eigenvalue weighted by Gasteiger charge is 2.39. The first kappa shape index (κ1) is 16.8. The van der Waals surface area contributed by atoms with Gasteiger partial charge in [-0.05, 0) is 45.2 Å². The minimum Gasteiger partial charge on any atom is -0.369 e. The summed E-state index contributed by atoms with van der Waals surface area (Å²) in [6, 6.07) is 2.23. The summed E-state index contributed by atoms with van der Waals surface area (Å²) >= 11 is 0. The van der Waals surface area contributed by atoms with Crippen molar-refractivity contribution in [1.82, 2.24) is 10.6 Å². The van der Waals surface area contributed by atoms with Crippen LogP contribution >= 0.6 is 0 Å². The fourth-order valence-corrected chi connectivity index (χ4v) is 3.47. The average molecular weight is 305 g/mol. The van der Waals surface area contributed by atoms with E-state index in [1.54, 1.807) is 0 Å². The molecule has 2 aliphatic rings. The van der Waals surface area contributed by atoms with Crippen LogP contribution in [0.25, 0.3) is 0 Å². The lowest BCUT2D eigenvalue weighted by Crippen LogP contribution is -2.54. The Balaban J connectivity index is 1.91. The number of nitrogens with one attached hydrogen (secondary N) is 2. The van der Waals surface area contributed by atoms with E-state index in [0.717, 1.165) is 45.2 Å². The van der Waals surface area contributed by atoms with Crippen molar-refractivity contribution in [2.45, 2.75) is 56.9 Å². The predicted octanol–water partition coefficient (Wildman–Crippen LogP) is 0.779. The van der Waals surface area contributed by atoms with Crippen LogP contribution < -0.4 is 16.4 Å². The molecule has 1 saturated heterocycles. The maximum atomic E-state index is 12.2. The molecule has 1 heterocycles. The van der Waals surface area contributed by atoms with Crippen LogP contribution in [-0.4, -0.2) is 30.4 Å². The van der Waals surface area contributed by atoms with E-state index in [9.17, 15) is 14.9 Å². The van der Waals surface area contributed by atoms with Gasteiger partial charge in [-0.1, -0.05) is 19.3 Å². The van der Waals surface area contributed by atoms with Crippen LogP contribution in [0.5, 0.6) is 0 Å². The molecule has 2 fully saturated rings. The van der Waals surface area contributed by atoms with Crippen molar-refractivity contribution in [1.29, 1.82) is 5.26 Å². The Morgan fingerprint density at radius 3 is 2.36 bits per heavy atom. The van der Waals surface area contributed by atoms with E-state index < -0.39 is 11.0 Å². The highest BCUT2D eigenvalue weighted by molar-refractivity contribution is 5.88. The summed E-state index contributed by atoms with van der Waals surface area (Å²) in [5.41, 5.74) is 4.21. The molecule has 1 aliphatic carbocycles. The van der Waals surface area contributed by atoms with Gasteiger partial charge in [-0.25, -0.2) is 0 Å². The Morgan fingerprint density at radius 1 is 1.18 bits per heavy atom. The number of hydrogen-bond donors (Lipinski definition) is 3. The molecule has 2 rings (SSSR count). The number of carbonyl (C=O) groups is 2. The first-order valence-corrected chi connectivity index (χ1v) is 8.09. The van der Waals surface area contributed by atoms with Crippen molar-refractivity contribution in [3.63, 3.8) is 0 Å². The lowest BCUT2D eigenvalue weighted by Gasteiger charge is -2.35. The third kappa shape index (κ3) is 3.77. The Hall–Kier alpha value is -1.61. The first-order chi connectivity index (χ1) is 10.5. The predicted molar refractivity (Wildman–Crippen MR) is 82.2 cm³/mol. The molecule has 22 heavy (non-hydrogen) atoms. The van der Waals surface area contributed by atoms with Crippen LogP contribution in [0, 0.1) is 23.2 Å². The molecule has 1 aliphatic heterocycles. The molecule has 0 atom stereocenters. The maximum Gasteiger partial charge on any atom is 0.225 e. The molecule has 0 aromatic heterocycles. The smallest absolute Gasteiger partial charge is 0.225 e. The first-order valence-electron chi connectivity index (χ1n) is 8.09. The Bertz CT molecular complexity index is 457. The summed E-state index contributed by atoms with van der Waals surface area (Å²) in [6.45, 7) is 1.44. The second-order valence-electron chi connectivity index (χ2n) is 6.55. The van der Waals surface area contributed by atoms with Gasteiger partial charge in [0.2, 0.25) is 11.8 Å². The van der Waals surface area contributed by atoms with E-state index in [1.807, 2.05) is 0 Å². The van der Waals surface area contributed by atoms with Crippen molar-refractivity contribution >= 4 is 11.8 Å². The lowest BCUT2D eigenvalue weighted by molar-refractivity contribution is -0.130. The summed E-state index contributed by atoms with van der Waals surface area (Å²) in [4.78, 5) is 24.0. The molecule has 0 aromatic carbocycles. The number of hydrogen-bond acceptors (Lipinski definition) is 4. The summed E-state index contributed by atoms with van der Waals surface area (Å²) in [5.74, 6) is -0.581. The monoisotopic (exact) mass is 305 g/mol. The van der Waals surface area contributed by atoms with Crippen LogP contribution in [0.15, 0.2) is 0 Å². The largest absolute Gasteiger partial charge is 0.369 e. The van der Waals surface area contributed by atoms with Crippen molar-refractivity contribution in [3.8, 4) is 6.07 Å². The number of rotatable bonds is 5. The Labute approximate surface area is 131 Å². The molecule has 1 saturated carbocycles. The highest BCUT2D eigenvalue weighted by Crippen LogP contribution is 2.39. The molecular weight excluding hydrogens is 280 g/mol. The Morgan fingerprint density at radius 2 is 1.82 bits per heavy atom. The van der Waals surface area contributed by atoms with Gasteiger partial charge in [0.15, 0.2) is 0 Å². The van der Waals surface area contributed by atoms with Gasteiger partial charge in [0.05, 0.1) is 12.5 Å². The number of nitrogens with two attached hydrogens (primary N) is 1. The zero-order valence-electron chi connectivity index (χ0n) is 13.0. The number of nitrogens with zero attached hydrogens (tertiary/aromatic N) is 1. The fraction of sp³-hybridized carbons (Fsp3) is 0.750. The molecule has 6 heteroatoms. The molecule has 2 amide bonds. The number of amides is 2. The number of piperidine rings is 1. The van der Waals surface area contributed by atoms with Crippen LogP contribution in [-0.2, 0) is 9.59 Å². The molecule has 4 N–H and O–H groups in total. The van der Waals surface area contributed by atoms with E-state index in [4.69, 9.17) is 5.73 Å². The second kappa shape index (κ2) is 7.10. The quantitative estimate of drug-likeness (QED) is 0.697. The minimum absolute atomic E-state index is 0.269. The molecule has 1 radical (unpaired) electrons. The second-order valence-corrected chi connectivity index (χ2v) is 6.55. The summed E-state index contributed by atoms with van der Waals surface area (Å²) in [6.07, 6.45) is 7.65. The number of nitriles is 1. The third-order valence-corrected chi connectivity index (χ3v) is 5.05. The topological polar surface area (TPSA) is 108 Å². The normalized spacial score (nSPS) is 23.2. The van der Waals surface area contributed by atoms with Crippen molar-refractivity contribution < 1.29 is 9.59 Å². The van der Waals surface area contributed by atoms with Crippen LogP contribution in [0.4, 0.5) is 0 Å². The Kier molecular flexibility index (Phi) is 5.41. The zero-order chi connectivity index (χ0) is 16.1. The minimum atomic E-state index is -0.786. The molecule has 6 nitrogen and oxygen atoms in total. The van der Waals surface area contributed by atoms with E-state index >= 15 is 0 Å². The van der Waals surface area contributed by atoms with Gasteiger partial charge in [0.25, 0.3) is 0 Å². The standard InChI is InChI=1S/C16H25N4O2/c17-12-16(8-10-19-11-9-16)20-13(21)4-7-15(14(18)22)5-2-1-3-6-15/h4,19H,1-3,5-11H2,(H2,18,22)(H,20,21). The van der Waals surface area contributed by atoms with E-state index in [2.05, 4.69) is 16.7 Å². The van der Waals surface area contributed by atoms with Gasteiger partial charge in [-0.3, -0.25) is 9.59 Å². The van der Waals surface area contributed by atoms with Gasteiger partial charge >= 0.3 is 0 Å². The van der Waals surface area contributed by atoms with E-state index in [-0.39, 0.29) is 11.8 Å². The molecule has 0 unspecified atom stereocenters. The maximum absolute atomic E-state index is 12.2. The third-order valence-electron chi connectivity index (χ3n) is 5.05. The zero-order valence-corrected chi connectivity index (χ0v) is 13.0. The van der Waals surface area contributed by atoms with Crippen molar-refractivity contribution in [2.24, 2.45) is 11.1 Å². The summed E-state index contributed by atoms with van der Waals surface area (Å²) in [7, 11) is 0. The van der Waals surface area contributed by atoms with Crippen molar-refractivity contribution in [3.05, 3.63) is 6.42 Å².